The third-order valence-corrected chi connectivity index (χ3v) is 9.72. The molecule has 0 spiro atoms. The molecule has 0 aliphatic heterocycles. The molecule has 10 aromatic rings. The van der Waals surface area contributed by atoms with Crippen molar-refractivity contribution in [3.05, 3.63) is 182 Å². The number of nitrogens with zero attached hydrogens (tertiary/aromatic N) is 2. The topological polar surface area (TPSA) is 21.3 Å². The van der Waals surface area contributed by atoms with E-state index in [4.69, 9.17) is 4.42 Å². The molecule has 0 atom stereocenters. The van der Waals surface area contributed by atoms with E-state index in [9.17, 15) is 0 Å². The maximum absolute atomic E-state index is 6.32. The summed E-state index contributed by atoms with van der Waals surface area (Å²) in [7, 11) is 0. The lowest BCUT2D eigenvalue weighted by Crippen LogP contribution is -2.09. The maximum atomic E-state index is 6.32. The number of rotatable bonds is 5. The summed E-state index contributed by atoms with van der Waals surface area (Å²) in [5, 5.41) is 7.25. The second kappa shape index (κ2) is 11.0. The highest BCUT2D eigenvalue weighted by atomic mass is 16.3. The SMILES string of the molecule is c1ccc(N(c2cccc(-c3ccc4c5cc6ccccc6cc5n(-c5ccccc5)c4c3)c2)c2ccc3c(c2)oc2ccccc23)cc1. The quantitative estimate of drug-likeness (QED) is 0.190. The van der Waals surface area contributed by atoms with E-state index in [2.05, 4.69) is 179 Å². The Kier molecular flexibility index (Phi) is 6.18. The smallest absolute Gasteiger partial charge is 0.137 e. The van der Waals surface area contributed by atoms with Crippen molar-refractivity contribution in [1.29, 1.82) is 0 Å². The molecular weight excluding hydrogens is 597 g/mol. The highest BCUT2D eigenvalue weighted by Gasteiger charge is 2.18. The molecule has 0 saturated heterocycles. The first-order valence-electron chi connectivity index (χ1n) is 16.7. The summed E-state index contributed by atoms with van der Waals surface area (Å²) in [5.41, 5.74) is 10.9. The molecule has 230 valence electrons. The van der Waals surface area contributed by atoms with E-state index in [1.165, 1.54) is 38.1 Å². The largest absolute Gasteiger partial charge is 0.456 e. The molecule has 0 radical (unpaired) electrons. The standard InChI is InChI=1S/C46H30N2O/c1-3-15-35(16-4-1)47(38-23-25-41-40-20-9-10-21-45(40)49-46(41)30-38)37-19-11-14-31(26-37)34-22-24-39-42-27-32-12-7-8-13-33(32)28-44(42)48(43(39)29-34)36-17-5-2-6-18-36/h1-30H. The Morgan fingerprint density at radius 3 is 1.86 bits per heavy atom. The van der Waals surface area contributed by atoms with Crippen LogP contribution in [0.2, 0.25) is 0 Å². The molecule has 49 heavy (non-hydrogen) atoms. The molecule has 2 heterocycles. The van der Waals surface area contributed by atoms with Crippen molar-refractivity contribution >= 4 is 71.6 Å². The predicted octanol–water partition coefficient (Wildman–Crippen LogP) is 13.0. The van der Waals surface area contributed by atoms with Crippen LogP contribution in [0.1, 0.15) is 0 Å². The Morgan fingerprint density at radius 1 is 0.367 bits per heavy atom. The minimum atomic E-state index is 0.877. The van der Waals surface area contributed by atoms with Crippen molar-refractivity contribution < 1.29 is 4.42 Å². The van der Waals surface area contributed by atoms with Gasteiger partial charge in [0.1, 0.15) is 11.2 Å². The maximum Gasteiger partial charge on any atom is 0.137 e. The Hall–Kier alpha value is -6.58. The fraction of sp³-hybridized carbons (Fsp3) is 0. The molecule has 3 nitrogen and oxygen atoms in total. The Morgan fingerprint density at radius 2 is 1.00 bits per heavy atom. The van der Waals surface area contributed by atoms with Crippen LogP contribution in [0.15, 0.2) is 186 Å². The number of fused-ring (bicyclic) bond motifs is 7. The van der Waals surface area contributed by atoms with Gasteiger partial charge in [-0.3, -0.25) is 0 Å². The van der Waals surface area contributed by atoms with Crippen molar-refractivity contribution in [2.24, 2.45) is 0 Å². The summed E-state index contributed by atoms with van der Waals surface area (Å²) in [6.07, 6.45) is 0. The van der Waals surface area contributed by atoms with E-state index < -0.39 is 0 Å². The number of para-hydroxylation sites is 3. The predicted molar refractivity (Wildman–Crippen MR) is 206 cm³/mol. The van der Waals surface area contributed by atoms with Gasteiger partial charge >= 0.3 is 0 Å². The fourth-order valence-electron chi connectivity index (χ4n) is 7.44. The van der Waals surface area contributed by atoms with E-state index >= 15 is 0 Å². The Balaban J connectivity index is 1.15. The number of hydrogen-bond donors (Lipinski definition) is 0. The second-order valence-corrected chi connectivity index (χ2v) is 12.6. The van der Waals surface area contributed by atoms with Crippen LogP contribution < -0.4 is 4.90 Å². The summed E-state index contributed by atoms with van der Waals surface area (Å²) in [4.78, 5) is 2.31. The lowest BCUT2D eigenvalue weighted by atomic mass is 10.0. The van der Waals surface area contributed by atoms with Crippen LogP contribution in [-0.4, -0.2) is 4.57 Å². The summed E-state index contributed by atoms with van der Waals surface area (Å²) >= 11 is 0. The molecule has 0 unspecified atom stereocenters. The average molecular weight is 627 g/mol. The van der Waals surface area contributed by atoms with Gasteiger partial charge in [0.05, 0.1) is 11.0 Å². The molecule has 0 fully saturated rings. The first kappa shape index (κ1) is 27.5. The third kappa shape index (κ3) is 4.51. The summed E-state index contributed by atoms with van der Waals surface area (Å²) in [6.45, 7) is 0. The van der Waals surface area contributed by atoms with Crippen LogP contribution in [0.25, 0.3) is 71.3 Å². The molecule has 0 N–H and O–H groups in total. The fourth-order valence-corrected chi connectivity index (χ4v) is 7.44. The molecule has 0 aliphatic rings. The van der Waals surface area contributed by atoms with E-state index in [1.54, 1.807) is 0 Å². The molecule has 2 aromatic heterocycles. The van der Waals surface area contributed by atoms with Crippen molar-refractivity contribution in [3.8, 4) is 16.8 Å². The van der Waals surface area contributed by atoms with Crippen molar-refractivity contribution in [2.45, 2.75) is 0 Å². The highest BCUT2D eigenvalue weighted by molar-refractivity contribution is 6.14. The first-order chi connectivity index (χ1) is 24.3. The molecule has 10 rings (SSSR count). The normalized spacial score (nSPS) is 11.7. The number of furan rings is 1. The van der Waals surface area contributed by atoms with Crippen molar-refractivity contribution in [1.82, 2.24) is 4.57 Å². The number of anilines is 3. The third-order valence-electron chi connectivity index (χ3n) is 9.72. The van der Waals surface area contributed by atoms with Crippen LogP contribution >= 0.6 is 0 Å². The second-order valence-electron chi connectivity index (χ2n) is 12.6. The first-order valence-corrected chi connectivity index (χ1v) is 16.7. The zero-order chi connectivity index (χ0) is 32.3. The van der Waals surface area contributed by atoms with Gasteiger partial charge in [0, 0.05) is 50.4 Å². The van der Waals surface area contributed by atoms with Gasteiger partial charge in [0.15, 0.2) is 0 Å². The van der Waals surface area contributed by atoms with Gasteiger partial charge in [-0.05, 0) is 94.7 Å². The van der Waals surface area contributed by atoms with Crippen LogP contribution in [0, 0.1) is 0 Å². The molecule has 3 heteroatoms. The molecule has 8 aromatic carbocycles. The zero-order valence-electron chi connectivity index (χ0n) is 26.6. The van der Waals surface area contributed by atoms with Gasteiger partial charge in [-0.2, -0.15) is 0 Å². The molecule has 0 amide bonds. The van der Waals surface area contributed by atoms with Gasteiger partial charge < -0.3 is 13.9 Å². The molecular formula is C46H30N2O. The number of aromatic nitrogens is 1. The van der Waals surface area contributed by atoms with Crippen molar-refractivity contribution in [2.75, 3.05) is 4.90 Å². The van der Waals surface area contributed by atoms with Crippen LogP contribution in [0.4, 0.5) is 17.1 Å². The minimum Gasteiger partial charge on any atom is -0.456 e. The highest BCUT2D eigenvalue weighted by Crippen LogP contribution is 2.41. The minimum absolute atomic E-state index is 0.877. The van der Waals surface area contributed by atoms with Crippen LogP contribution in [0.5, 0.6) is 0 Å². The molecule has 0 aliphatic carbocycles. The lowest BCUT2D eigenvalue weighted by Gasteiger charge is -2.26. The van der Waals surface area contributed by atoms with E-state index in [1.807, 2.05) is 12.1 Å². The summed E-state index contributed by atoms with van der Waals surface area (Å²) in [5.74, 6) is 0. The number of hydrogen-bond acceptors (Lipinski definition) is 2. The van der Waals surface area contributed by atoms with E-state index in [0.717, 1.165) is 50.3 Å². The van der Waals surface area contributed by atoms with Gasteiger partial charge in [0.2, 0.25) is 0 Å². The van der Waals surface area contributed by atoms with Crippen LogP contribution in [-0.2, 0) is 0 Å². The monoisotopic (exact) mass is 626 g/mol. The molecule has 0 saturated carbocycles. The zero-order valence-corrected chi connectivity index (χ0v) is 26.6. The molecule has 0 bridgehead atoms. The van der Waals surface area contributed by atoms with Gasteiger partial charge in [-0.1, -0.05) is 103 Å². The average Bonchev–Trinajstić information content (AvgIpc) is 3.69. The van der Waals surface area contributed by atoms with Gasteiger partial charge in [-0.15, -0.1) is 0 Å². The van der Waals surface area contributed by atoms with E-state index in [-0.39, 0.29) is 0 Å². The summed E-state index contributed by atoms with van der Waals surface area (Å²) in [6, 6.07) is 65.0. The Bertz CT molecular complexity index is 2830. The van der Waals surface area contributed by atoms with Gasteiger partial charge in [-0.25, -0.2) is 0 Å². The van der Waals surface area contributed by atoms with Gasteiger partial charge in [0.25, 0.3) is 0 Å². The lowest BCUT2D eigenvalue weighted by molar-refractivity contribution is 0.669. The summed E-state index contributed by atoms with van der Waals surface area (Å²) < 4.78 is 8.72. The van der Waals surface area contributed by atoms with Crippen molar-refractivity contribution in [3.63, 3.8) is 0 Å². The van der Waals surface area contributed by atoms with E-state index in [0.29, 0.717) is 0 Å². The van der Waals surface area contributed by atoms with Crippen LogP contribution in [0.3, 0.4) is 0 Å². The Labute approximate surface area is 283 Å². The number of benzene rings is 8.